The molecule has 0 amide bonds. The number of rotatable bonds is 4. The molecular weight excluding hydrogens is 154 g/mol. The third-order valence-electron chi connectivity index (χ3n) is 1.24. The molecule has 0 bridgehead atoms. The zero-order chi connectivity index (χ0) is 8.69. The SMILES string of the molecule is C/C=C\C(=C/SN)CC(C)C. The maximum atomic E-state index is 5.34. The van der Waals surface area contributed by atoms with Gasteiger partial charge in [-0.25, -0.2) is 0 Å². The molecular formula is C9H17NS. The van der Waals surface area contributed by atoms with Gasteiger partial charge in [-0.2, -0.15) is 0 Å². The van der Waals surface area contributed by atoms with Crippen LogP contribution in [0.4, 0.5) is 0 Å². The van der Waals surface area contributed by atoms with E-state index in [0.717, 1.165) is 6.42 Å². The first-order valence-corrected chi connectivity index (χ1v) is 4.82. The van der Waals surface area contributed by atoms with Crippen molar-refractivity contribution in [2.75, 3.05) is 0 Å². The summed E-state index contributed by atoms with van der Waals surface area (Å²) in [5, 5.41) is 7.34. The highest BCUT2D eigenvalue weighted by Gasteiger charge is 1.96. The molecule has 0 spiro atoms. The normalized spacial score (nSPS) is 13.4. The summed E-state index contributed by atoms with van der Waals surface area (Å²) in [4.78, 5) is 0. The number of hydrogen-bond acceptors (Lipinski definition) is 2. The second-order valence-corrected chi connectivity index (χ2v) is 3.43. The van der Waals surface area contributed by atoms with Crippen molar-refractivity contribution in [3.63, 3.8) is 0 Å². The third-order valence-corrected chi connectivity index (χ3v) is 1.68. The summed E-state index contributed by atoms with van der Waals surface area (Å²) in [7, 11) is 0. The third kappa shape index (κ3) is 6.20. The minimum atomic E-state index is 0.699. The summed E-state index contributed by atoms with van der Waals surface area (Å²) in [6.07, 6.45) is 5.26. The number of nitrogens with two attached hydrogens (primary N) is 1. The van der Waals surface area contributed by atoms with E-state index >= 15 is 0 Å². The average molecular weight is 171 g/mol. The highest BCUT2D eigenvalue weighted by molar-refractivity contribution is 8.00. The molecule has 0 saturated heterocycles. The van der Waals surface area contributed by atoms with E-state index < -0.39 is 0 Å². The average Bonchev–Trinajstić information content (AvgIpc) is 1.87. The van der Waals surface area contributed by atoms with E-state index in [1.807, 2.05) is 18.4 Å². The van der Waals surface area contributed by atoms with Crippen LogP contribution in [0.1, 0.15) is 27.2 Å². The smallest absolute Gasteiger partial charge is 0.0106 e. The van der Waals surface area contributed by atoms with Gasteiger partial charge in [0.2, 0.25) is 0 Å². The van der Waals surface area contributed by atoms with E-state index in [4.69, 9.17) is 5.14 Å². The first-order chi connectivity index (χ1) is 5.20. The fourth-order valence-corrected chi connectivity index (χ4v) is 1.28. The second kappa shape index (κ2) is 6.50. The Kier molecular flexibility index (Phi) is 6.37. The van der Waals surface area contributed by atoms with Crippen LogP contribution >= 0.6 is 11.9 Å². The Balaban J connectivity index is 4.00. The van der Waals surface area contributed by atoms with Crippen LogP contribution in [-0.4, -0.2) is 0 Å². The quantitative estimate of drug-likeness (QED) is 0.519. The van der Waals surface area contributed by atoms with Gasteiger partial charge in [0, 0.05) is 0 Å². The standard InChI is InChI=1S/C9H17NS/c1-4-5-9(7-11-10)6-8(2)3/h4-5,7-8H,6,10H2,1-3H3/b5-4-,9-7+. The first kappa shape index (κ1) is 10.8. The molecule has 0 aliphatic carbocycles. The zero-order valence-corrected chi connectivity index (χ0v) is 8.32. The molecule has 2 heteroatoms. The maximum absolute atomic E-state index is 5.34. The van der Waals surface area contributed by atoms with Gasteiger partial charge in [-0.05, 0) is 30.2 Å². The fourth-order valence-electron chi connectivity index (χ4n) is 0.928. The summed E-state index contributed by atoms with van der Waals surface area (Å²) < 4.78 is 0. The lowest BCUT2D eigenvalue weighted by Gasteiger charge is -2.04. The molecule has 2 N–H and O–H groups in total. The Morgan fingerprint density at radius 1 is 1.55 bits per heavy atom. The van der Waals surface area contributed by atoms with Gasteiger partial charge in [-0.15, -0.1) is 0 Å². The van der Waals surface area contributed by atoms with Crippen LogP contribution in [0, 0.1) is 5.92 Å². The van der Waals surface area contributed by atoms with Crippen LogP contribution in [0.3, 0.4) is 0 Å². The van der Waals surface area contributed by atoms with Crippen LogP contribution in [-0.2, 0) is 0 Å². The van der Waals surface area contributed by atoms with Crippen LogP contribution in [0.5, 0.6) is 0 Å². The van der Waals surface area contributed by atoms with E-state index in [1.165, 1.54) is 17.5 Å². The molecule has 0 saturated carbocycles. The molecule has 0 unspecified atom stereocenters. The van der Waals surface area contributed by atoms with Gasteiger partial charge < -0.3 is 0 Å². The maximum Gasteiger partial charge on any atom is -0.0106 e. The van der Waals surface area contributed by atoms with Crippen molar-refractivity contribution in [2.45, 2.75) is 27.2 Å². The first-order valence-electron chi connectivity index (χ1n) is 3.88. The summed E-state index contributed by atoms with van der Waals surface area (Å²) in [5.74, 6) is 0.699. The lowest BCUT2D eigenvalue weighted by molar-refractivity contribution is 0.650. The van der Waals surface area contributed by atoms with E-state index in [1.54, 1.807) is 0 Å². The molecule has 0 aliphatic rings. The minimum absolute atomic E-state index is 0.699. The van der Waals surface area contributed by atoms with Crippen molar-refractivity contribution < 1.29 is 0 Å². The molecule has 0 aliphatic heterocycles. The lowest BCUT2D eigenvalue weighted by atomic mass is 10.0. The predicted molar refractivity (Wildman–Crippen MR) is 54.1 cm³/mol. The molecule has 0 radical (unpaired) electrons. The Labute approximate surface area is 73.9 Å². The van der Waals surface area contributed by atoms with Crippen LogP contribution in [0.2, 0.25) is 0 Å². The van der Waals surface area contributed by atoms with Crippen molar-refractivity contribution >= 4 is 11.9 Å². The largest absolute Gasteiger partial charge is 0.274 e. The summed E-state index contributed by atoms with van der Waals surface area (Å²) in [6.45, 7) is 6.44. The molecule has 0 heterocycles. The monoisotopic (exact) mass is 171 g/mol. The van der Waals surface area contributed by atoms with Gasteiger partial charge in [0.15, 0.2) is 0 Å². The molecule has 0 aromatic carbocycles. The molecule has 0 aromatic rings. The number of allylic oxidation sites excluding steroid dienone is 3. The fraction of sp³-hybridized carbons (Fsp3) is 0.556. The topological polar surface area (TPSA) is 26.0 Å². The Bertz CT molecular complexity index is 148. The molecule has 0 aromatic heterocycles. The molecule has 1 nitrogen and oxygen atoms in total. The van der Waals surface area contributed by atoms with Gasteiger partial charge in [-0.1, -0.05) is 37.9 Å². The van der Waals surface area contributed by atoms with Crippen molar-refractivity contribution in [3.05, 3.63) is 23.1 Å². The molecule has 0 fully saturated rings. The molecule has 11 heavy (non-hydrogen) atoms. The van der Waals surface area contributed by atoms with Crippen LogP contribution in [0.25, 0.3) is 0 Å². The Morgan fingerprint density at radius 2 is 2.18 bits per heavy atom. The zero-order valence-electron chi connectivity index (χ0n) is 7.50. The summed E-state index contributed by atoms with van der Waals surface area (Å²) in [5.41, 5.74) is 1.31. The molecule has 0 rings (SSSR count). The van der Waals surface area contributed by atoms with E-state index in [9.17, 15) is 0 Å². The van der Waals surface area contributed by atoms with Gasteiger partial charge in [0.1, 0.15) is 0 Å². The Morgan fingerprint density at radius 3 is 2.55 bits per heavy atom. The highest BCUT2D eigenvalue weighted by Crippen LogP contribution is 2.14. The minimum Gasteiger partial charge on any atom is -0.274 e. The van der Waals surface area contributed by atoms with Crippen molar-refractivity contribution in [1.82, 2.24) is 0 Å². The van der Waals surface area contributed by atoms with Crippen molar-refractivity contribution in [3.8, 4) is 0 Å². The van der Waals surface area contributed by atoms with Crippen molar-refractivity contribution in [1.29, 1.82) is 0 Å². The summed E-state index contributed by atoms with van der Waals surface area (Å²) >= 11 is 1.28. The van der Waals surface area contributed by atoms with E-state index in [2.05, 4.69) is 19.9 Å². The van der Waals surface area contributed by atoms with Crippen LogP contribution < -0.4 is 5.14 Å². The number of hydrogen-bond donors (Lipinski definition) is 1. The van der Waals surface area contributed by atoms with Crippen LogP contribution in [0.15, 0.2) is 23.1 Å². The van der Waals surface area contributed by atoms with Gasteiger partial charge in [-0.3, -0.25) is 5.14 Å². The van der Waals surface area contributed by atoms with Crippen molar-refractivity contribution in [2.24, 2.45) is 11.1 Å². The summed E-state index contributed by atoms with van der Waals surface area (Å²) in [6, 6.07) is 0. The lowest BCUT2D eigenvalue weighted by Crippen LogP contribution is -1.89. The highest BCUT2D eigenvalue weighted by atomic mass is 32.2. The van der Waals surface area contributed by atoms with Gasteiger partial charge in [0.05, 0.1) is 0 Å². The second-order valence-electron chi connectivity index (χ2n) is 2.93. The predicted octanol–water partition coefficient (Wildman–Crippen LogP) is 3.10. The molecule has 64 valence electrons. The van der Waals surface area contributed by atoms with E-state index in [0.29, 0.717) is 5.92 Å². The molecule has 0 atom stereocenters. The van der Waals surface area contributed by atoms with E-state index in [-0.39, 0.29) is 0 Å². The Hall–Kier alpha value is -0.210. The van der Waals surface area contributed by atoms with Gasteiger partial charge >= 0.3 is 0 Å². The van der Waals surface area contributed by atoms with Gasteiger partial charge in [0.25, 0.3) is 0 Å².